The zero-order chi connectivity index (χ0) is 26.7. The number of nitrogens with one attached hydrogen (secondary N) is 2. The summed E-state index contributed by atoms with van der Waals surface area (Å²) in [5.74, 6) is -1.31. The smallest absolute Gasteiger partial charge is 0.393 e. The number of aromatic nitrogens is 2. The van der Waals surface area contributed by atoms with Crippen LogP contribution in [0.1, 0.15) is 60.4 Å². The minimum Gasteiger partial charge on any atom is -0.478 e. The number of Topliss-reactive ketones (excluding diaryl/α,β-unsaturated/α-hetero) is 1. The monoisotopic (exact) mass is 512 g/mol. The number of allylic oxidation sites excluding steroid dienone is 2. The number of benzene rings is 1. The van der Waals surface area contributed by atoms with Crippen LogP contribution in [0.4, 0.5) is 0 Å². The summed E-state index contributed by atoms with van der Waals surface area (Å²) in [5.41, 5.74) is 3.78. The fourth-order valence-corrected chi connectivity index (χ4v) is 6.38. The standard InChI is InChI=1S/C29H29N5O4/c1-17(2)34(25-20(16-32-34)14-29(15-24(25)35)7-10-30-11-8-29)27(36)23-13-22-21(6-9-31-26(22)33-23)18-4-3-5-19(12-18)28(37)38/h3-6,9,12-13,16-17,30H,7-8,10-11,14-15H2,1-2H3,(H-,31,33,36,37,38)/p+1. The van der Waals surface area contributed by atoms with E-state index in [9.17, 15) is 19.5 Å². The first-order valence-corrected chi connectivity index (χ1v) is 13.0. The number of piperidine rings is 1. The number of hydrogen-bond acceptors (Lipinski definition) is 6. The third kappa shape index (κ3) is 3.65. The maximum atomic E-state index is 14.3. The predicted octanol–water partition coefficient (Wildman–Crippen LogP) is 4.28. The Hall–Kier alpha value is -3.95. The molecule has 0 bridgehead atoms. The quantitative estimate of drug-likeness (QED) is 0.448. The molecule has 1 unspecified atom stereocenters. The number of rotatable bonds is 4. The molecule has 1 amide bonds. The van der Waals surface area contributed by atoms with Crippen LogP contribution in [0.25, 0.3) is 22.2 Å². The lowest BCUT2D eigenvalue weighted by Crippen LogP contribution is -2.54. The Bertz CT molecular complexity index is 1560. The van der Waals surface area contributed by atoms with E-state index in [1.54, 1.807) is 42.7 Å². The summed E-state index contributed by atoms with van der Waals surface area (Å²) >= 11 is 0. The van der Waals surface area contributed by atoms with E-state index in [1.165, 1.54) is 0 Å². The van der Waals surface area contributed by atoms with Crippen LogP contribution in [-0.4, -0.2) is 62.7 Å². The van der Waals surface area contributed by atoms with Crippen LogP contribution in [0.15, 0.2) is 59.0 Å². The maximum absolute atomic E-state index is 14.3. The molecule has 1 atom stereocenters. The summed E-state index contributed by atoms with van der Waals surface area (Å²) in [6.45, 7) is 5.63. The van der Waals surface area contributed by atoms with Crippen molar-refractivity contribution < 1.29 is 24.1 Å². The summed E-state index contributed by atoms with van der Waals surface area (Å²) in [5, 5.41) is 18.3. The van der Waals surface area contributed by atoms with Gasteiger partial charge in [-0.1, -0.05) is 21.8 Å². The van der Waals surface area contributed by atoms with Gasteiger partial charge in [0.25, 0.3) is 0 Å². The van der Waals surface area contributed by atoms with Gasteiger partial charge in [-0.15, -0.1) is 0 Å². The van der Waals surface area contributed by atoms with Crippen LogP contribution in [0.2, 0.25) is 0 Å². The van der Waals surface area contributed by atoms with E-state index in [4.69, 9.17) is 5.10 Å². The number of aromatic amines is 1. The van der Waals surface area contributed by atoms with Gasteiger partial charge in [0.1, 0.15) is 17.4 Å². The molecule has 1 aliphatic carbocycles. The molecule has 1 spiro atoms. The average molecular weight is 513 g/mol. The molecule has 9 heteroatoms. The largest absolute Gasteiger partial charge is 0.478 e. The Morgan fingerprint density at radius 2 is 1.89 bits per heavy atom. The van der Waals surface area contributed by atoms with Gasteiger partial charge < -0.3 is 15.4 Å². The normalized spacial score (nSPS) is 22.4. The van der Waals surface area contributed by atoms with Crippen molar-refractivity contribution >= 4 is 34.9 Å². The van der Waals surface area contributed by atoms with Crippen LogP contribution in [0.5, 0.6) is 0 Å². The van der Waals surface area contributed by atoms with E-state index in [1.807, 2.05) is 19.9 Å². The molecular formula is C29H30N5O4+. The van der Waals surface area contributed by atoms with Gasteiger partial charge in [0.05, 0.1) is 11.8 Å². The lowest BCUT2D eigenvalue weighted by Gasteiger charge is -2.41. The summed E-state index contributed by atoms with van der Waals surface area (Å²) in [6, 6.07) is 9.92. The van der Waals surface area contributed by atoms with Crippen molar-refractivity contribution in [1.29, 1.82) is 0 Å². The summed E-state index contributed by atoms with van der Waals surface area (Å²) in [6.07, 6.45) is 6.46. The SMILES string of the molecule is CC(C)[N+]1(C(=O)c2cc3c(-c4cccc(C(=O)O)c4)ccnc3[nH]2)N=CC2=C1C(=O)CC1(CCNCC1)C2. The number of H-pyrrole nitrogens is 1. The number of ketones is 1. The lowest BCUT2D eigenvalue weighted by atomic mass is 9.67. The first-order chi connectivity index (χ1) is 18.2. The van der Waals surface area contributed by atoms with Crippen molar-refractivity contribution in [3.63, 3.8) is 0 Å². The molecule has 0 radical (unpaired) electrons. The average Bonchev–Trinajstić information content (AvgIpc) is 3.51. The number of carboxylic acid groups (broad SMARTS) is 1. The van der Waals surface area contributed by atoms with Crippen LogP contribution in [-0.2, 0) is 4.79 Å². The van der Waals surface area contributed by atoms with Crippen LogP contribution in [0, 0.1) is 5.41 Å². The van der Waals surface area contributed by atoms with Crippen molar-refractivity contribution in [2.75, 3.05) is 13.1 Å². The molecule has 1 aromatic carbocycles. The van der Waals surface area contributed by atoms with Crippen molar-refractivity contribution in [1.82, 2.24) is 15.3 Å². The highest BCUT2D eigenvalue weighted by atomic mass is 16.4. The second-order valence-electron chi connectivity index (χ2n) is 10.9. The van der Waals surface area contributed by atoms with Gasteiger partial charge >= 0.3 is 11.9 Å². The number of carbonyl (C=O) groups excluding carboxylic acids is 2. The molecule has 6 rings (SSSR count). The fourth-order valence-electron chi connectivity index (χ4n) is 6.38. The minimum absolute atomic E-state index is 0.00751. The van der Waals surface area contributed by atoms with Crippen molar-refractivity contribution in [3.05, 3.63) is 65.1 Å². The predicted molar refractivity (Wildman–Crippen MR) is 143 cm³/mol. The Morgan fingerprint density at radius 3 is 2.63 bits per heavy atom. The molecule has 38 heavy (non-hydrogen) atoms. The highest BCUT2D eigenvalue weighted by molar-refractivity contribution is 6.07. The van der Waals surface area contributed by atoms with Gasteiger partial charge in [-0.3, -0.25) is 4.79 Å². The number of amides is 1. The number of pyridine rings is 1. The molecule has 0 saturated carbocycles. The number of carbonyl (C=O) groups is 3. The number of hydrogen-bond donors (Lipinski definition) is 3. The van der Waals surface area contributed by atoms with Crippen LogP contribution in [0.3, 0.4) is 0 Å². The third-order valence-electron chi connectivity index (χ3n) is 8.31. The molecule has 3 aliphatic rings. The number of carboxylic acids is 1. The zero-order valence-corrected chi connectivity index (χ0v) is 21.5. The van der Waals surface area contributed by atoms with Gasteiger partial charge in [-0.05, 0) is 87.0 Å². The van der Waals surface area contributed by atoms with Crippen molar-refractivity contribution in [3.8, 4) is 11.1 Å². The van der Waals surface area contributed by atoms with E-state index in [-0.39, 0.29) is 33.3 Å². The Morgan fingerprint density at radius 1 is 1.11 bits per heavy atom. The molecule has 2 aromatic heterocycles. The molecule has 9 nitrogen and oxygen atoms in total. The third-order valence-corrected chi connectivity index (χ3v) is 8.31. The molecule has 194 valence electrons. The van der Waals surface area contributed by atoms with E-state index < -0.39 is 5.97 Å². The topological polar surface area (TPSA) is 125 Å². The van der Waals surface area contributed by atoms with E-state index in [0.29, 0.717) is 34.4 Å². The second kappa shape index (κ2) is 8.82. The fraction of sp³-hybridized carbons (Fsp3) is 0.345. The van der Waals surface area contributed by atoms with Crippen molar-refractivity contribution in [2.45, 2.75) is 45.6 Å². The second-order valence-corrected chi connectivity index (χ2v) is 10.9. The molecule has 3 aromatic rings. The number of aromatic carboxylic acids is 1. The lowest BCUT2D eigenvalue weighted by molar-refractivity contribution is -0.833. The Labute approximate surface area is 219 Å². The number of nitrogens with zero attached hydrogens (tertiary/aromatic N) is 3. The first kappa shape index (κ1) is 24.4. The molecular weight excluding hydrogens is 482 g/mol. The van der Waals surface area contributed by atoms with Crippen molar-refractivity contribution in [2.24, 2.45) is 10.5 Å². The highest BCUT2D eigenvalue weighted by Crippen LogP contribution is 2.49. The summed E-state index contributed by atoms with van der Waals surface area (Å²) < 4.78 is -0.390. The zero-order valence-electron chi connectivity index (χ0n) is 21.5. The maximum Gasteiger partial charge on any atom is 0.393 e. The molecule has 1 fully saturated rings. The van der Waals surface area contributed by atoms with Gasteiger partial charge in [0.2, 0.25) is 11.5 Å². The minimum atomic E-state index is -1.01. The van der Waals surface area contributed by atoms with E-state index in [0.717, 1.165) is 43.5 Å². The van der Waals surface area contributed by atoms with Gasteiger partial charge in [-0.2, -0.15) is 0 Å². The Kier molecular flexibility index (Phi) is 5.66. The first-order valence-electron chi connectivity index (χ1n) is 13.0. The van der Waals surface area contributed by atoms with Gasteiger partial charge in [0.15, 0.2) is 0 Å². The van der Waals surface area contributed by atoms with E-state index >= 15 is 0 Å². The Balaban J connectivity index is 1.42. The number of fused-ring (bicyclic) bond motifs is 1. The number of quaternary nitrogens is 1. The molecule has 3 N–H and O–H groups in total. The summed E-state index contributed by atoms with van der Waals surface area (Å²) in [7, 11) is 0. The summed E-state index contributed by atoms with van der Waals surface area (Å²) in [4.78, 5) is 47.1. The van der Waals surface area contributed by atoms with Crippen LogP contribution >= 0.6 is 0 Å². The molecule has 1 saturated heterocycles. The van der Waals surface area contributed by atoms with E-state index in [2.05, 4.69) is 15.3 Å². The molecule has 4 heterocycles. The van der Waals surface area contributed by atoms with Crippen LogP contribution < -0.4 is 5.32 Å². The van der Waals surface area contributed by atoms with Gasteiger partial charge in [-0.25, -0.2) is 14.6 Å². The van der Waals surface area contributed by atoms with Gasteiger partial charge in [0, 0.05) is 23.6 Å². The highest BCUT2D eigenvalue weighted by Gasteiger charge is 2.57. The molecule has 2 aliphatic heterocycles.